The van der Waals surface area contributed by atoms with Crippen LogP contribution in [0.15, 0.2) is 29.6 Å². The number of hydrogen-bond donors (Lipinski definition) is 2. The second kappa shape index (κ2) is 7.05. The maximum Gasteiger partial charge on any atom is 0.303 e. The fraction of sp³-hybridized carbons (Fsp3) is 0.333. The molecule has 0 saturated heterocycles. The minimum atomic E-state index is -0.765. The number of benzene rings is 1. The van der Waals surface area contributed by atoms with Crippen molar-refractivity contribution in [3.05, 3.63) is 35.2 Å². The topological polar surface area (TPSA) is 66.4 Å². The number of amides is 1. The van der Waals surface area contributed by atoms with E-state index in [0.717, 1.165) is 28.5 Å². The van der Waals surface area contributed by atoms with Crippen LogP contribution in [0.1, 0.15) is 36.0 Å². The highest BCUT2D eigenvalue weighted by molar-refractivity contribution is 7.17. The molecule has 2 N–H and O–H groups in total. The Kier molecular flexibility index (Phi) is 5.12. The van der Waals surface area contributed by atoms with Crippen LogP contribution in [0.4, 0.5) is 0 Å². The number of rotatable bonds is 7. The van der Waals surface area contributed by atoms with Crippen molar-refractivity contribution >= 4 is 33.3 Å². The molecule has 1 amide bonds. The second-order valence-electron chi connectivity index (χ2n) is 4.61. The molecule has 1 aromatic heterocycles. The Labute approximate surface area is 121 Å². The number of carbonyl (C=O) groups excluding carboxylic acids is 1. The molecule has 0 aliphatic heterocycles. The van der Waals surface area contributed by atoms with Gasteiger partial charge in [-0.15, -0.1) is 11.3 Å². The van der Waals surface area contributed by atoms with Gasteiger partial charge in [0.25, 0.3) is 5.91 Å². The van der Waals surface area contributed by atoms with E-state index in [9.17, 15) is 9.59 Å². The minimum absolute atomic E-state index is 0.0549. The number of carboxylic acids is 1. The molecular weight excluding hydrogens is 274 g/mol. The SMILES string of the molecule is O=C(O)CCCCCNC(=O)c1csc2ccccc12. The Bertz CT molecular complexity index is 606. The molecule has 0 fully saturated rings. The van der Waals surface area contributed by atoms with Crippen LogP contribution >= 0.6 is 11.3 Å². The fourth-order valence-corrected chi connectivity index (χ4v) is 2.97. The third-order valence-electron chi connectivity index (χ3n) is 3.08. The Morgan fingerprint density at radius 3 is 2.75 bits per heavy atom. The van der Waals surface area contributed by atoms with Gasteiger partial charge in [0.15, 0.2) is 0 Å². The molecule has 0 atom stereocenters. The van der Waals surface area contributed by atoms with Crippen molar-refractivity contribution in [1.82, 2.24) is 5.32 Å². The molecule has 4 nitrogen and oxygen atoms in total. The molecule has 20 heavy (non-hydrogen) atoms. The third kappa shape index (κ3) is 3.81. The smallest absolute Gasteiger partial charge is 0.303 e. The molecule has 106 valence electrons. The molecule has 0 saturated carbocycles. The summed E-state index contributed by atoms with van der Waals surface area (Å²) < 4.78 is 1.11. The summed E-state index contributed by atoms with van der Waals surface area (Å²) in [6.07, 6.45) is 2.48. The molecule has 1 aromatic carbocycles. The first-order valence-corrected chi connectivity index (χ1v) is 7.52. The van der Waals surface area contributed by atoms with E-state index >= 15 is 0 Å². The molecule has 2 rings (SSSR count). The van der Waals surface area contributed by atoms with Gasteiger partial charge in [-0.2, -0.15) is 0 Å². The lowest BCUT2D eigenvalue weighted by Crippen LogP contribution is -2.24. The summed E-state index contributed by atoms with van der Waals surface area (Å²) in [6.45, 7) is 0.586. The van der Waals surface area contributed by atoms with Gasteiger partial charge in [0.05, 0.1) is 5.56 Å². The van der Waals surface area contributed by atoms with E-state index in [1.807, 2.05) is 29.6 Å². The normalized spacial score (nSPS) is 10.6. The predicted molar refractivity (Wildman–Crippen MR) is 80.3 cm³/mol. The molecule has 0 radical (unpaired) electrons. The zero-order chi connectivity index (χ0) is 14.4. The van der Waals surface area contributed by atoms with Gasteiger partial charge in [-0.05, 0) is 18.9 Å². The largest absolute Gasteiger partial charge is 0.481 e. The average molecular weight is 291 g/mol. The summed E-state index contributed by atoms with van der Waals surface area (Å²) in [5.74, 6) is -0.820. The summed E-state index contributed by atoms with van der Waals surface area (Å²) in [7, 11) is 0. The average Bonchev–Trinajstić information content (AvgIpc) is 2.86. The lowest BCUT2D eigenvalue weighted by atomic mass is 10.1. The molecule has 2 aromatic rings. The summed E-state index contributed by atoms with van der Waals surface area (Å²) >= 11 is 1.57. The molecule has 0 spiro atoms. The number of carbonyl (C=O) groups is 2. The Morgan fingerprint density at radius 2 is 1.95 bits per heavy atom. The fourth-order valence-electron chi connectivity index (χ4n) is 2.03. The lowest BCUT2D eigenvalue weighted by molar-refractivity contribution is -0.137. The first kappa shape index (κ1) is 14.5. The van der Waals surface area contributed by atoms with Crippen LogP contribution in [-0.2, 0) is 4.79 Å². The van der Waals surface area contributed by atoms with E-state index in [4.69, 9.17) is 5.11 Å². The number of unbranched alkanes of at least 4 members (excludes halogenated alkanes) is 2. The summed E-state index contributed by atoms with van der Waals surface area (Å²) in [6, 6.07) is 7.84. The van der Waals surface area contributed by atoms with Crippen LogP contribution in [0.5, 0.6) is 0 Å². The van der Waals surface area contributed by atoms with Crippen molar-refractivity contribution in [3.8, 4) is 0 Å². The lowest BCUT2D eigenvalue weighted by Gasteiger charge is -2.04. The second-order valence-corrected chi connectivity index (χ2v) is 5.52. The van der Waals surface area contributed by atoms with Crippen LogP contribution in [0.3, 0.4) is 0 Å². The van der Waals surface area contributed by atoms with Crippen molar-refractivity contribution < 1.29 is 14.7 Å². The maximum atomic E-state index is 12.1. The van der Waals surface area contributed by atoms with Crippen LogP contribution < -0.4 is 5.32 Å². The maximum absolute atomic E-state index is 12.1. The Balaban J connectivity index is 1.79. The van der Waals surface area contributed by atoms with Crippen molar-refractivity contribution in [2.24, 2.45) is 0 Å². The van der Waals surface area contributed by atoms with Gasteiger partial charge in [-0.1, -0.05) is 24.6 Å². The highest BCUT2D eigenvalue weighted by atomic mass is 32.1. The van der Waals surface area contributed by atoms with E-state index in [-0.39, 0.29) is 12.3 Å². The minimum Gasteiger partial charge on any atom is -0.481 e. The highest BCUT2D eigenvalue weighted by Crippen LogP contribution is 2.25. The first-order valence-electron chi connectivity index (χ1n) is 6.64. The van der Waals surface area contributed by atoms with Crippen molar-refractivity contribution in [1.29, 1.82) is 0 Å². The molecular formula is C15H17NO3S. The van der Waals surface area contributed by atoms with Crippen LogP contribution in [0.2, 0.25) is 0 Å². The van der Waals surface area contributed by atoms with Crippen LogP contribution in [0, 0.1) is 0 Å². The monoisotopic (exact) mass is 291 g/mol. The number of aliphatic carboxylic acids is 1. The number of hydrogen-bond acceptors (Lipinski definition) is 3. The van der Waals surface area contributed by atoms with Gasteiger partial charge in [0.1, 0.15) is 0 Å². The number of thiophene rings is 1. The Hall–Kier alpha value is -1.88. The number of nitrogens with one attached hydrogen (secondary N) is 1. The van der Waals surface area contributed by atoms with Crippen LogP contribution in [-0.4, -0.2) is 23.5 Å². The van der Waals surface area contributed by atoms with Gasteiger partial charge in [-0.25, -0.2) is 0 Å². The van der Waals surface area contributed by atoms with E-state index < -0.39 is 5.97 Å². The van der Waals surface area contributed by atoms with Gasteiger partial charge < -0.3 is 10.4 Å². The van der Waals surface area contributed by atoms with Crippen molar-refractivity contribution in [3.63, 3.8) is 0 Å². The Morgan fingerprint density at radius 1 is 1.15 bits per heavy atom. The summed E-state index contributed by atoms with van der Waals surface area (Å²) in [4.78, 5) is 22.4. The summed E-state index contributed by atoms with van der Waals surface area (Å²) in [5, 5.41) is 14.3. The molecule has 5 heteroatoms. The predicted octanol–water partition coefficient (Wildman–Crippen LogP) is 3.28. The third-order valence-corrected chi connectivity index (χ3v) is 4.04. The molecule has 0 aliphatic carbocycles. The van der Waals surface area contributed by atoms with E-state index in [1.54, 1.807) is 11.3 Å². The zero-order valence-corrected chi connectivity index (χ0v) is 11.9. The van der Waals surface area contributed by atoms with Gasteiger partial charge in [0.2, 0.25) is 0 Å². The quantitative estimate of drug-likeness (QED) is 0.769. The van der Waals surface area contributed by atoms with Gasteiger partial charge >= 0.3 is 5.97 Å². The summed E-state index contributed by atoms with van der Waals surface area (Å²) in [5.41, 5.74) is 0.719. The number of carboxylic acid groups (broad SMARTS) is 1. The van der Waals surface area contributed by atoms with Crippen LogP contribution in [0.25, 0.3) is 10.1 Å². The van der Waals surface area contributed by atoms with Crippen molar-refractivity contribution in [2.75, 3.05) is 6.54 Å². The van der Waals surface area contributed by atoms with E-state index in [1.165, 1.54) is 0 Å². The first-order chi connectivity index (χ1) is 9.68. The highest BCUT2D eigenvalue weighted by Gasteiger charge is 2.10. The zero-order valence-electron chi connectivity index (χ0n) is 11.1. The molecule has 0 aliphatic rings. The standard InChI is InChI=1S/C15H17NO3S/c17-14(18)8-2-1-5-9-16-15(19)12-10-20-13-7-4-3-6-11(12)13/h3-4,6-7,10H,1-2,5,8-9H2,(H,16,19)(H,17,18). The number of fused-ring (bicyclic) bond motifs is 1. The van der Waals surface area contributed by atoms with Gasteiger partial charge in [-0.3, -0.25) is 9.59 Å². The molecule has 0 bridgehead atoms. The molecule has 1 heterocycles. The molecule has 0 unspecified atom stereocenters. The van der Waals surface area contributed by atoms with E-state index in [2.05, 4.69) is 5.32 Å². The van der Waals surface area contributed by atoms with Gasteiger partial charge in [0, 0.05) is 28.4 Å². The van der Waals surface area contributed by atoms with Crippen molar-refractivity contribution in [2.45, 2.75) is 25.7 Å². The van der Waals surface area contributed by atoms with E-state index in [0.29, 0.717) is 13.0 Å².